The minimum atomic E-state index is -0.145. The highest BCUT2D eigenvalue weighted by atomic mass is 35.5. The molecule has 29 heavy (non-hydrogen) atoms. The average molecular weight is 446 g/mol. The Morgan fingerprint density at radius 3 is 2.86 bits per heavy atom. The van der Waals surface area contributed by atoms with Crippen molar-refractivity contribution < 1.29 is 4.79 Å². The second-order valence-corrected chi connectivity index (χ2v) is 9.27. The highest BCUT2D eigenvalue weighted by molar-refractivity contribution is 7.16. The first-order valence-electron chi connectivity index (χ1n) is 9.49. The summed E-state index contributed by atoms with van der Waals surface area (Å²) >= 11 is 13.7. The smallest absolute Gasteiger partial charge is 0.239 e. The summed E-state index contributed by atoms with van der Waals surface area (Å²) in [5.41, 5.74) is 1.92. The average Bonchev–Trinajstić information content (AvgIpc) is 3.12. The lowest BCUT2D eigenvalue weighted by Gasteiger charge is -2.38. The molecule has 4 rings (SSSR count). The number of piperazine rings is 1. The molecule has 0 N–H and O–H groups in total. The molecule has 4 nitrogen and oxygen atoms in total. The van der Waals surface area contributed by atoms with Gasteiger partial charge in [0.1, 0.15) is 0 Å². The SMILES string of the molecule is CC1C(=O)N(Cc2ccc3c(Cl)ccnc3c2)CCN1C/C=C/c1ccc(Cl)s1. The molecule has 1 fully saturated rings. The Morgan fingerprint density at radius 1 is 1.21 bits per heavy atom. The van der Waals surface area contributed by atoms with Crippen LogP contribution in [0.15, 0.2) is 48.7 Å². The Hall–Kier alpha value is -1.92. The molecule has 150 valence electrons. The lowest BCUT2D eigenvalue weighted by Crippen LogP contribution is -2.55. The molecule has 2 aromatic heterocycles. The standard InChI is InChI=1S/C22H21Cl2N3OS/c1-15-22(28)27(12-11-26(15)10-2-3-17-5-7-21(24)29-17)14-16-4-6-18-19(23)8-9-25-20(18)13-16/h2-9,13,15H,10-12,14H2,1H3/b3-2+. The highest BCUT2D eigenvalue weighted by Gasteiger charge is 2.30. The van der Waals surface area contributed by atoms with Crippen LogP contribution in [0.3, 0.4) is 0 Å². The van der Waals surface area contributed by atoms with Crippen LogP contribution < -0.4 is 0 Å². The van der Waals surface area contributed by atoms with E-state index in [9.17, 15) is 4.79 Å². The molecule has 0 spiro atoms. The van der Waals surface area contributed by atoms with Gasteiger partial charge in [-0.1, -0.05) is 41.4 Å². The van der Waals surface area contributed by atoms with Gasteiger partial charge in [-0.15, -0.1) is 11.3 Å². The topological polar surface area (TPSA) is 36.4 Å². The van der Waals surface area contributed by atoms with Gasteiger partial charge in [-0.25, -0.2) is 0 Å². The summed E-state index contributed by atoms with van der Waals surface area (Å²) in [6, 6.07) is 11.6. The van der Waals surface area contributed by atoms with Crippen LogP contribution in [0.4, 0.5) is 0 Å². The third kappa shape index (κ3) is 4.64. The fourth-order valence-corrected chi connectivity index (χ4v) is 4.79. The number of aromatic nitrogens is 1. The van der Waals surface area contributed by atoms with Gasteiger partial charge in [0.25, 0.3) is 0 Å². The van der Waals surface area contributed by atoms with Crippen LogP contribution in [-0.2, 0) is 11.3 Å². The minimum absolute atomic E-state index is 0.145. The van der Waals surface area contributed by atoms with Crippen LogP contribution >= 0.6 is 34.5 Å². The van der Waals surface area contributed by atoms with Crippen molar-refractivity contribution in [2.24, 2.45) is 0 Å². The normalized spacial score (nSPS) is 18.2. The molecule has 0 aliphatic carbocycles. The fourth-order valence-electron chi connectivity index (χ4n) is 3.58. The quantitative estimate of drug-likeness (QED) is 0.530. The van der Waals surface area contributed by atoms with Crippen molar-refractivity contribution in [1.82, 2.24) is 14.8 Å². The Balaban J connectivity index is 1.39. The summed E-state index contributed by atoms with van der Waals surface area (Å²) in [7, 11) is 0. The number of pyridine rings is 1. The first kappa shape index (κ1) is 20.4. The second kappa shape index (κ2) is 8.84. The largest absolute Gasteiger partial charge is 0.336 e. The molecule has 0 radical (unpaired) electrons. The summed E-state index contributed by atoms with van der Waals surface area (Å²) < 4.78 is 0.785. The van der Waals surface area contributed by atoms with Crippen molar-refractivity contribution in [3.63, 3.8) is 0 Å². The molecular formula is C22H21Cl2N3OS. The van der Waals surface area contributed by atoms with Gasteiger partial charge in [-0.05, 0) is 42.8 Å². The van der Waals surface area contributed by atoms with E-state index in [4.69, 9.17) is 23.2 Å². The number of nitrogens with zero attached hydrogens (tertiary/aromatic N) is 3. The van der Waals surface area contributed by atoms with Crippen LogP contribution in [0.5, 0.6) is 0 Å². The minimum Gasteiger partial charge on any atom is -0.336 e. The van der Waals surface area contributed by atoms with Crippen LogP contribution in [0.1, 0.15) is 17.4 Å². The van der Waals surface area contributed by atoms with Gasteiger partial charge in [-0.3, -0.25) is 14.7 Å². The van der Waals surface area contributed by atoms with Crippen molar-refractivity contribution in [2.75, 3.05) is 19.6 Å². The zero-order chi connectivity index (χ0) is 20.4. The first-order chi connectivity index (χ1) is 14.0. The molecule has 1 unspecified atom stereocenters. The van der Waals surface area contributed by atoms with E-state index in [0.29, 0.717) is 18.1 Å². The van der Waals surface area contributed by atoms with Crippen LogP contribution in [-0.4, -0.2) is 46.4 Å². The van der Waals surface area contributed by atoms with Crippen LogP contribution in [0.2, 0.25) is 9.36 Å². The maximum atomic E-state index is 12.9. The van der Waals surface area contributed by atoms with Gasteiger partial charge in [0, 0.05) is 42.6 Å². The molecule has 1 saturated heterocycles. The van der Waals surface area contributed by atoms with E-state index < -0.39 is 0 Å². The number of halogens is 2. The number of carbonyl (C=O) groups is 1. The number of fused-ring (bicyclic) bond motifs is 1. The van der Waals surface area contributed by atoms with E-state index in [0.717, 1.165) is 38.8 Å². The highest BCUT2D eigenvalue weighted by Crippen LogP contribution is 2.24. The van der Waals surface area contributed by atoms with Crippen molar-refractivity contribution >= 4 is 57.4 Å². The van der Waals surface area contributed by atoms with Crippen LogP contribution in [0.25, 0.3) is 17.0 Å². The van der Waals surface area contributed by atoms with Gasteiger partial charge < -0.3 is 4.90 Å². The number of hydrogen-bond acceptors (Lipinski definition) is 4. The third-order valence-electron chi connectivity index (χ3n) is 5.22. The van der Waals surface area contributed by atoms with E-state index >= 15 is 0 Å². The Bertz CT molecular complexity index is 1070. The molecule has 3 aromatic rings. The second-order valence-electron chi connectivity index (χ2n) is 7.12. The maximum Gasteiger partial charge on any atom is 0.239 e. The first-order valence-corrected chi connectivity index (χ1v) is 11.1. The molecule has 1 atom stereocenters. The molecule has 1 aliphatic rings. The van der Waals surface area contributed by atoms with E-state index in [1.807, 2.05) is 42.2 Å². The summed E-state index contributed by atoms with van der Waals surface area (Å²) in [5, 5.41) is 1.62. The van der Waals surface area contributed by atoms with Crippen molar-refractivity contribution in [2.45, 2.75) is 19.5 Å². The molecule has 1 aliphatic heterocycles. The molecular weight excluding hydrogens is 425 g/mol. The van der Waals surface area contributed by atoms with Gasteiger partial charge >= 0.3 is 0 Å². The van der Waals surface area contributed by atoms with Gasteiger partial charge in [0.05, 0.1) is 20.9 Å². The predicted octanol–water partition coefficient (Wildman–Crippen LogP) is 5.35. The Kier molecular flexibility index (Phi) is 6.20. The van der Waals surface area contributed by atoms with Gasteiger partial charge in [0.15, 0.2) is 0 Å². The monoisotopic (exact) mass is 445 g/mol. The van der Waals surface area contributed by atoms with Crippen LogP contribution in [0, 0.1) is 0 Å². The van der Waals surface area contributed by atoms with Crippen molar-refractivity contribution in [1.29, 1.82) is 0 Å². The molecule has 1 aromatic carbocycles. The molecule has 7 heteroatoms. The summed E-state index contributed by atoms with van der Waals surface area (Å²) in [6.45, 7) is 4.87. The lowest BCUT2D eigenvalue weighted by atomic mass is 10.1. The molecule has 3 heterocycles. The van der Waals surface area contributed by atoms with Gasteiger partial charge in [-0.2, -0.15) is 0 Å². The molecule has 0 bridgehead atoms. The number of hydrogen-bond donors (Lipinski definition) is 0. The predicted molar refractivity (Wildman–Crippen MR) is 122 cm³/mol. The van der Waals surface area contributed by atoms with E-state index in [1.54, 1.807) is 23.6 Å². The summed E-state index contributed by atoms with van der Waals surface area (Å²) in [6.07, 6.45) is 5.87. The zero-order valence-corrected chi connectivity index (χ0v) is 18.3. The Morgan fingerprint density at radius 2 is 2.07 bits per heavy atom. The van der Waals surface area contributed by atoms with Crippen molar-refractivity contribution in [3.05, 3.63) is 68.5 Å². The number of amides is 1. The van der Waals surface area contributed by atoms with E-state index in [2.05, 4.69) is 22.0 Å². The lowest BCUT2D eigenvalue weighted by molar-refractivity contribution is -0.141. The summed E-state index contributed by atoms with van der Waals surface area (Å²) in [5.74, 6) is 0.156. The number of carbonyl (C=O) groups excluding carboxylic acids is 1. The maximum absolute atomic E-state index is 12.9. The zero-order valence-electron chi connectivity index (χ0n) is 16.0. The Labute approximate surface area is 184 Å². The van der Waals surface area contributed by atoms with Crippen molar-refractivity contribution in [3.8, 4) is 0 Å². The molecule has 0 saturated carbocycles. The molecule has 1 amide bonds. The third-order valence-corrected chi connectivity index (χ3v) is 6.74. The summed E-state index contributed by atoms with van der Waals surface area (Å²) in [4.78, 5) is 22.5. The van der Waals surface area contributed by atoms with E-state index in [1.165, 1.54) is 0 Å². The fraction of sp³-hybridized carbons (Fsp3) is 0.273. The van der Waals surface area contributed by atoms with Gasteiger partial charge in [0.2, 0.25) is 5.91 Å². The van der Waals surface area contributed by atoms with E-state index in [-0.39, 0.29) is 11.9 Å². The number of benzene rings is 1. The number of thiophene rings is 1. The number of rotatable bonds is 5.